The van der Waals surface area contributed by atoms with E-state index in [0.717, 1.165) is 17.1 Å². The van der Waals surface area contributed by atoms with Gasteiger partial charge in [-0.1, -0.05) is 176 Å². The summed E-state index contributed by atoms with van der Waals surface area (Å²) in [6.07, 6.45) is 0. The van der Waals surface area contributed by atoms with Crippen molar-refractivity contribution >= 4 is 49.4 Å². The molecule has 0 bridgehead atoms. The molecular formula is C54H37N. The third-order valence-electron chi connectivity index (χ3n) is 10.8. The Bertz CT molecular complexity index is 2880. The first-order chi connectivity index (χ1) is 27.3. The average Bonchev–Trinajstić information content (AvgIpc) is 3.27. The Kier molecular flexibility index (Phi) is 8.24. The first-order valence-electron chi connectivity index (χ1n) is 18.9. The Hall–Kier alpha value is -7.22. The minimum absolute atomic E-state index is 1.10. The molecule has 1 nitrogen and oxygen atoms in total. The van der Waals surface area contributed by atoms with Crippen molar-refractivity contribution in [3.8, 4) is 44.5 Å². The van der Waals surface area contributed by atoms with Gasteiger partial charge in [0.1, 0.15) is 0 Å². The molecule has 0 saturated heterocycles. The van der Waals surface area contributed by atoms with Gasteiger partial charge in [-0.05, 0) is 120 Å². The molecule has 10 aromatic rings. The predicted octanol–water partition coefficient (Wildman–Crippen LogP) is 15.3. The SMILES string of the molecule is c1ccc(-c2cc(-c3ccccc3)cc(-c3ccc(N(c4ccc(-c5cccc6ccccc56)cc4)c4cc5ccccc5c5ccccc45)cc3)c2)cc1. The first kappa shape index (κ1) is 32.4. The molecule has 1 heteroatoms. The zero-order chi connectivity index (χ0) is 36.6. The third kappa shape index (κ3) is 6.12. The number of rotatable bonds is 7. The fourth-order valence-corrected chi connectivity index (χ4v) is 8.11. The van der Waals surface area contributed by atoms with Crippen LogP contribution in [0.4, 0.5) is 17.1 Å². The molecule has 0 radical (unpaired) electrons. The molecule has 0 aliphatic rings. The molecule has 0 unspecified atom stereocenters. The Morgan fingerprint density at radius 3 is 1.27 bits per heavy atom. The average molecular weight is 700 g/mol. The normalized spacial score (nSPS) is 11.3. The highest BCUT2D eigenvalue weighted by atomic mass is 15.1. The lowest BCUT2D eigenvalue weighted by Gasteiger charge is -2.28. The van der Waals surface area contributed by atoms with Crippen molar-refractivity contribution < 1.29 is 0 Å². The van der Waals surface area contributed by atoms with Gasteiger partial charge in [-0.25, -0.2) is 0 Å². The molecule has 0 N–H and O–H groups in total. The van der Waals surface area contributed by atoms with Gasteiger partial charge in [0, 0.05) is 16.8 Å². The van der Waals surface area contributed by atoms with E-state index in [1.165, 1.54) is 76.8 Å². The van der Waals surface area contributed by atoms with Gasteiger partial charge in [-0.2, -0.15) is 0 Å². The molecule has 0 saturated carbocycles. The number of hydrogen-bond acceptors (Lipinski definition) is 1. The Balaban J connectivity index is 1.12. The summed E-state index contributed by atoms with van der Waals surface area (Å²) in [4.78, 5) is 2.42. The largest absolute Gasteiger partial charge is 0.310 e. The fraction of sp³-hybridized carbons (Fsp3) is 0. The van der Waals surface area contributed by atoms with Gasteiger partial charge in [-0.15, -0.1) is 0 Å². The van der Waals surface area contributed by atoms with Crippen LogP contribution in [0.5, 0.6) is 0 Å². The highest BCUT2D eigenvalue weighted by Crippen LogP contribution is 2.43. The highest BCUT2D eigenvalue weighted by molar-refractivity contribution is 6.14. The Labute approximate surface area is 322 Å². The minimum atomic E-state index is 1.10. The van der Waals surface area contributed by atoms with E-state index in [2.05, 4.69) is 229 Å². The summed E-state index contributed by atoms with van der Waals surface area (Å²) >= 11 is 0. The standard InChI is InChI=1S/C54H37N/c1-3-14-38(15-4-1)44-34-45(39-16-5-2-6-17-39)36-46(35-44)40-26-30-47(31-27-40)55(54-37-43-19-8-10-22-51(43)52-23-11-12-24-53(52)54)48-32-28-42(29-33-48)50-25-13-20-41-18-7-9-21-49(41)50/h1-37H. The van der Waals surface area contributed by atoms with E-state index in [9.17, 15) is 0 Å². The van der Waals surface area contributed by atoms with Gasteiger partial charge in [0.25, 0.3) is 0 Å². The van der Waals surface area contributed by atoms with E-state index >= 15 is 0 Å². The van der Waals surface area contributed by atoms with Crippen LogP contribution in [-0.2, 0) is 0 Å². The van der Waals surface area contributed by atoms with Crippen LogP contribution in [-0.4, -0.2) is 0 Å². The Morgan fingerprint density at radius 1 is 0.236 bits per heavy atom. The van der Waals surface area contributed by atoms with E-state index in [0.29, 0.717) is 0 Å². The molecule has 55 heavy (non-hydrogen) atoms. The van der Waals surface area contributed by atoms with E-state index < -0.39 is 0 Å². The molecule has 10 aromatic carbocycles. The maximum Gasteiger partial charge on any atom is 0.0546 e. The van der Waals surface area contributed by atoms with Crippen molar-refractivity contribution in [2.75, 3.05) is 4.90 Å². The van der Waals surface area contributed by atoms with Gasteiger partial charge < -0.3 is 4.90 Å². The van der Waals surface area contributed by atoms with Crippen LogP contribution >= 0.6 is 0 Å². The molecule has 0 fully saturated rings. The van der Waals surface area contributed by atoms with Gasteiger partial charge in [0.15, 0.2) is 0 Å². The van der Waals surface area contributed by atoms with E-state index in [1.807, 2.05) is 0 Å². The molecule has 0 aliphatic carbocycles. The summed E-state index contributed by atoms with van der Waals surface area (Å²) in [6.45, 7) is 0. The summed E-state index contributed by atoms with van der Waals surface area (Å²) < 4.78 is 0. The Morgan fingerprint density at radius 2 is 0.673 bits per heavy atom. The minimum Gasteiger partial charge on any atom is -0.310 e. The maximum absolute atomic E-state index is 2.42. The van der Waals surface area contributed by atoms with Crippen LogP contribution in [0, 0.1) is 0 Å². The van der Waals surface area contributed by atoms with Crippen molar-refractivity contribution in [3.05, 3.63) is 224 Å². The summed E-state index contributed by atoms with van der Waals surface area (Å²) in [5, 5.41) is 7.45. The van der Waals surface area contributed by atoms with Crippen molar-refractivity contribution in [2.45, 2.75) is 0 Å². The molecule has 10 rings (SSSR count). The van der Waals surface area contributed by atoms with Crippen LogP contribution in [0.3, 0.4) is 0 Å². The van der Waals surface area contributed by atoms with E-state index in [-0.39, 0.29) is 0 Å². The lowest BCUT2D eigenvalue weighted by atomic mass is 9.93. The first-order valence-corrected chi connectivity index (χ1v) is 18.9. The van der Waals surface area contributed by atoms with Gasteiger partial charge >= 0.3 is 0 Å². The second kappa shape index (κ2) is 14.0. The maximum atomic E-state index is 2.42. The summed E-state index contributed by atoms with van der Waals surface area (Å²) in [7, 11) is 0. The highest BCUT2D eigenvalue weighted by Gasteiger charge is 2.18. The zero-order valence-corrected chi connectivity index (χ0v) is 30.3. The topological polar surface area (TPSA) is 3.24 Å². The number of fused-ring (bicyclic) bond motifs is 4. The third-order valence-corrected chi connectivity index (χ3v) is 10.8. The smallest absolute Gasteiger partial charge is 0.0546 e. The van der Waals surface area contributed by atoms with Crippen LogP contribution in [0.15, 0.2) is 224 Å². The lowest BCUT2D eigenvalue weighted by molar-refractivity contribution is 1.30. The second-order valence-corrected chi connectivity index (χ2v) is 14.1. The summed E-state index contributed by atoms with van der Waals surface area (Å²) in [5.74, 6) is 0. The van der Waals surface area contributed by atoms with Crippen molar-refractivity contribution in [1.29, 1.82) is 0 Å². The number of benzene rings is 10. The van der Waals surface area contributed by atoms with Gasteiger partial charge in [0.05, 0.1) is 5.69 Å². The number of anilines is 3. The molecule has 0 atom stereocenters. The van der Waals surface area contributed by atoms with Crippen LogP contribution < -0.4 is 4.90 Å². The van der Waals surface area contributed by atoms with E-state index in [1.54, 1.807) is 0 Å². The van der Waals surface area contributed by atoms with Gasteiger partial charge in [-0.3, -0.25) is 0 Å². The van der Waals surface area contributed by atoms with Crippen LogP contribution in [0.2, 0.25) is 0 Å². The molecule has 0 aliphatic heterocycles. The van der Waals surface area contributed by atoms with E-state index in [4.69, 9.17) is 0 Å². The van der Waals surface area contributed by atoms with Crippen molar-refractivity contribution in [3.63, 3.8) is 0 Å². The van der Waals surface area contributed by atoms with Gasteiger partial charge in [0.2, 0.25) is 0 Å². The number of hydrogen-bond donors (Lipinski definition) is 0. The summed E-state index contributed by atoms with van der Waals surface area (Å²) in [6, 6.07) is 81.5. The monoisotopic (exact) mass is 699 g/mol. The van der Waals surface area contributed by atoms with Crippen molar-refractivity contribution in [1.82, 2.24) is 0 Å². The molecule has 0 spiro atoms. The number of nitrogens with zero attached hydrogens (tertiary/aromatic N) is 1. The molecule has 0 amide bonds. The molecule has 0 heterocycles. The van der Waals surface area contributed by atoms with Crippen molar-refractivity contribution in [2.24, 2.45) is 0 Å². The summed E-state index contributed by atoms with van der Waals surface area (Å²) in [5.41, 5.74) is 13.0. The molecule has 0 aromatic heterocycles. The second-order valence-electron chi connectivity index (χ2n) is 14.1. The molecular weight excluding hydrogens is 663 g/mol. The molecule has 258 valence electrons. The fourth-order valence-electron chi connectivity index (χ4n) is 8.11. The van der Waals surface area contributed by atoms with Crippen LogP contribution in [0.1, 0.15) is 0 Å². The zero-order valence-electron chi connectivity index (χ0n) is 30.3. The van der Waals surface area contributed by atoms with Crippen LogP contribution in [0.25, 0.3) is 76.8 Å². The predicted molar refractivity (Wildman–Crippen MR) is 235 cm³/mol. The quantitative estimate of drug-likeness (QED) is 0.150. The lowest BCUT2D eigenvalue weighted by Crippen LogP contribution is -2.10.